The van der Waals surface area contributed by atoms with Gasteiger partial charge in [-0.15, -0.1) is 11.8 Å². The fourth-order valence-corrected chi connectivity index (χ4v) is 3.53. The first-order chi connectivity index (χ1) is 13.0. The number of benzene rings is 1. The highest BCUT2D eigenvalue weighted by atomic mass is 79.9. The number of halogens is 2. The van der Waals surface area contributed by atoms with Crippen molar-refractivity contribution in [3.63, 3.8) is 0 Å². The average Bonchev–Trinajstić information content (AvgIpc) is 3.11. The summed E-state index contributed by atoms with van der Waals surface area (Å²) < 4.78 is 18.4. The van der Waals surface area contributed by atoms with E-state index in [1.807, 2.05) is 0 Å². The van der Waals surface area contributed by atoms with Gasteiger partial charge in [-0.3, -0.25) is 4.79 Å². The number of nitrogens with zero attached hydrogens (tertiary/aromatic N) is 3. The first kappa shape index (κ1) is 21.6. The average molecular weight is 457 g/mol. The summed E-state index contributed by atoms with van der Waals surface area (Å²) in [6, 6.07) is 4.33. The van der Waals surface area contributed by atoms with Crippen LogP contribution in [0.4, 0.5) is 10.1 Å². The molecule has 0 aliphatic heterocycles. The summed E-state index contributed by atoms with van der Waals surface area (Å²) in [6.07, 6.45) is 5.14. The Hall–Kier alpha value is -1.74. The number of rotatable bonds is 11. The molecule has 0 amide bonds. The minimum Gasteiger partial charge on any atom is -0.382 e. The van der Waals surface area contributed by atoms with Crippen LogP contribution in [0.3, 0.4) is 0 Å². The Kier molecular flexibility index (Phi) is 8.93. The molecule has 2 aromatic rings. The van der Waals surface area contributed by atoms with Gasteiger partial charge in [0.1, 0.15) is 11.6 Å². The third kappa shape index (κ3) is 7.06. The van der Waals surface area contributed by atoms with Crippen molar-refractivity contribution >= 4 is 45.0 Å². The molecule has 0 bridgehead atoms. The SMILES string of the molecule is CCCCCC(=O)CCCSc1nonc1C(N)=Nc1ccc(F)c(Br)c1. The number of unbranched alkanes of at least 4 members (excludes halogenated alkanes) is 2. The lowest BCUT2D eigenvalue weighted by molar-refractivity contribution is -0.119. The van der Waals surface area contributed by atoms with Gasteiger partial charge < -0.3 is 5.73 Å². The number of aliphatic imine (C=N–C) groups is 1. The quantitative estimate of drug-likeness (QED) is 0.220. The predicted molar refractivity (Wildman–Crippen MR) is 108 cm³/mol. The number of thioether (sulfide) groups is 1. The van der Waals surface area contributed by atoms with Crippen LogP contribution >= 0.6 is 27.7 Å². The standard InChI is InChI=1S/C18H22BrFN4O2S/c1-2-3-4-6-13(25)7-5-10-27-18-16(23-26-24-18)17(21)22-12-8-9-15(20)14(19)11-12/h8-9,11H,2-7,10H2,1H3,(H2,21,22). The minimum atomic E-state index is -0.379. The molecule has 2 rings (SSSR count). The lowest BCUT2D eigenvalue weighted by Crippen LogP contribution is -2.14. The van der Waals surface area contributed by atoms with Crippen LogP contribution in [0, 0.1) is 5.82 Å². The van der Waals surface area contributed by atoms with Gasteiger partial charge >= 0.3 is 0 Å². The van der Waals surface area contributed by atoms with Crippen LogP contribution in [0.25, 0.3) is 0 Å². The maximum atomic E-state index is 13.3. The van der Waals surface area contributed by atoms with Gasteiger partial charge in [0.05, 0.1) is 10.2 Å². The van der Waals surface area contributed by atoms with E-state index in [9.17, 15) is 9.18 Å². The summed E-state index contributed by atoms with van der Waals surface area (Å²) in [7, 11) is 0. The lowest BCUT2D eigenvalue weighted by Gasteiger charge is -2.02. The molecule has 1 aromatic carbocycles. The molecule has 0 spiro atoms. The van der Waals surface area contributed by atoms with Gasteiger partial charge in [0.2, 0.25) is 0 Å². The van der Waals surface area contributed by atoms with E-state index in [1.165, 1.54) is 30.0 Å². The molecule has 0 fully saturated rings. The van der Waals surface area contributed by atoms with Crippen molar-refractivity contribution in [2.75, 3.05) is 5.75 Å². The lowest BCUT2D eigenvalue weighted by atomic mass is 10.1. The Morgan fingerprint density at radius 2 is 2.07 bits per heavy atom. The zero-order valence-corrected chi connectivity index (χ0v) is 17.5. The fourth-order valence-electron chi connectivity index (χ4n) is 2.31. The summed E-state index contributed by atoms with van der Waals surface area (Å²) in [5.41, 5.74) is 6.82. The molecule has 6 nitrogen and oxygen atoms in total. The topological polar surface area (TPSA) is 94.4 Å². The smallest absolute Gasteiger partial charge is 0.183 e. The van der Waals surface area contributed by atoms with Gasteiger partial charge in [-0.1, -0.05) is 19.8 Å². The second-order valence-corrected chi connectivity index (χ2v) is 7.90. The van der Waals surface area contributed by atoms with Crippen LogP contribution in [0.1, 0.15) is 51.1 Å². The number of hydrogen-bond acceptors (Lipinski definition) is 6. The van der Waals surface area contributed by atoms with E-state index in [1.54, 1.807) is 0 Å². The molecule has 9 heteroatoms. The third-order valence-electron chi connectivity index (χ3n) is 3.75. The van der Waals surface area contributed by atoms with Crippen LogP contribution in [0.5, 0.6) is 0 Å². The van der Waals surface area contributed by atoms with Crippen molar-refractivity contribution in [1.82, 2.24) is 10.3 Å². The number of carbonyl (C=O) groups excluding carboxylic acids is 1. The number of nitrogens with two attached hydrogens (primary N) is 1. The van der Waals surface area contributed by atoms with Gasteiger partial charge in [-0.05, 0) is 57.3 Å². The summed E-state index contributed by atoms with van der Waals surface area (Å²) >= 11 is 4.53. The van der Waals surface area contributed by atoms with Gasteiger partial charge in [-0.25, -0.2) is 14.0 Å². The second kappa shape index (κ2) is 11.2. The highest BCUT2D eigenvalue weighted by Crippen LogP contribution is 2.24. The van der Waals surface area contributed by atoms with Gasteiger partial charge in [0.25, 0.3) is 0 Å². The van der Waals surface area contributed by atoms with Gasteiger partial charge in [-0.2, -0.15) is 0 Å². The maximum absolute atomic E-state index is 13.3. The molecular formula is C18H22BrFN4O2S. The van der Waals surface area contributed by atoms with Gasteiger partial charge in [0, 0.05) is 18.6 Å². The number of aromatic nitrogens is 2. The molecule has 27 heavy (non-hydrogen) atoms. The van der Waals surface area contributed by atoms with Crippen molar-refractivity contribution in [3.05, 3.63) is 34.2 Å². The molecule has 1 heterocycles. The molecule has 0 saturated carbocycles. The normalized spacial score (nSPS) is 11.7. The maximum Gasteiger partial charge on any atom is 0.183 e. The van der Waals surface area contributed by atoms with Crippen molar-refractivity contribution < 1.29 is 13.8 Å². The first-order valence-corrected chi connectivity index (χ1v) is 10.6. The predicted octanol–water partition coefficient (Wildman–Crippen LogP) is 5.03. The number of carbonyl (C=O) groups is 1. The molecule has 146 valence electrons. The molecule has 0 unspecified atom stereocenters. The number of Topliss-reactive ketones (excluding diaryl/α,β-unsaturated/α-hetero) is 1. The Morgan fingerprint density at radius 3 is 2.81 bits per heavy atom. The van der Waals surface area contributed by atoms with Crippen LogP contribution in [-0.4, -0.2) is 27.7 Å². The molecule has 0 saturated heterocycles. The van der Waals surface area contributed by atoms with E-state index in [0.29, 0.717) is 45.3 Å². The van der Waals surface area contributed by atoms with E-state index in [-0.39, 0.29) is 11.7 Å². The molecule has 0 aliphatic rings. The zero-order chi connectivity index (χ0) is 19.6. The number of ketones is 1. The second-order valence-electron chi connectivity index (χ2n) is 5.96. The Labute approximate surface area is 170 Å². The van der Waals surface area contributed by atoms with E-state index in [0.717, 1.165) is 25.7 Å². The van der Waals surface area contributed by atoms with Crippen molar-refractivity contribution in [2.24, 2.45) is 10.7 Å². The molecule has 0 aliphatic carbocycles. The van der Waals surface area contributed by atoms with Crippen LogP contribution in [0.15, 0.2) is 37.3 Å². The first-order valence-electron chi connectivity index (χ1n) is 8.78. The number of amidine groups is 1. The van der Waals surface area contributed by atoms with E-state index in [4.69, 9.17) is 10.4 Å². The van der Waals surface area contributed by atoms with E-state index in [2.05, 4.69) is 38.2 Å². The Balaban J connectivity index is 1.88. The zero-order valence-electron chi connectivity index (χ0n) is 15.1. The molecular weight excluding hydrogens is 435 g/mol. The minimum absolute atomic E-state index is 0.132. The highest BCUT2D eigenvalue weighted by molar-refractivity contribution is 9.10. The van der Waals surface area contributed by atoms with Crippen molar-refractivity contribution in [2.45, 2.75) is 50.5 Å². The molecule has 1 aromatic heterocycles. The van der Waals surface area contributed by atoms with Crippen LogP contribution < -0.4 is 5.73 Å². The van der Waals surface area contributed by atoms with Crippen molar-refractivity contribution in [3.8, 4) is 0 Å². The van der Waals surface area contributed by atoms with E-state index < -0.39 is 0 Å². The molecule has 2 N–H and O–H groups in total. The number of hydrogen-bond donors (Lipinski definition) is 1. The van der Waals surface area contributed by atoms with Crippen LogP contribution in [0.2, 0.25) is 0 Å². The third-order valence-corrected chi connectivity index (χ3v) is 5.39. The summed E-state index contributed by atoms with van der Waals surface area (Å²) in [6.45, 7) is 2.12. The molecule has 0 atom stereocenters. The van der Waals surface area contributed by atoms with Crippen molar-refractivity contribution in [1.29, 1.82) is 0 Å². The molecule has 0 radical (unpaired) electrons. The van der Waals surface area contributed by atoms with Crippen LogP contribution in [-0.2, 0) is 4.79 Å². The monoisotopic (exact) mass is 456 g/mol. The Bertz CT molecular complexity index is 797. The fraction of sp³-hybridized carbons (Fsp3) is 0.444. The summed E-state index contributed by atoms with van der Waals surface area (Å²) in [5, 5.41) is 8.17. The largest absolute Gasteiger partial charge is 0.382 e. The highest BCUT2D eigenvalue weighted by Gasteiger charge is 2.15. The summed E-state index contributed by atoms with van der Waals surface area (Å²) in [5.74, 6) is 0.755. The Morgan fingerprint density at radius 1 is 1.30 bits per heavy atom. The van der Waals surface area contributed by atoms with E-state index >= 15 is 0 Å². The van der Waals surface area contributed by atoms with Gasteiger partial charge in [0.15, 0.2) is 16.6 Å². The summed E-state index contributed by atoms with van der Waals surface area (Å²) in [4.78, 5) is 16.0.